The molecule has 1 aromatic carbocycles. The molecule has 1 saturated carbocycles. The number of hydrogen-bond donors (Lipinski definition) is 1. The summed E-state index contributed by atoms with van der Waals surface area (Å²) in [7, 11) is 0. The van der Waals surface area contributed by atoms with Crippen molar-refractivity contribution in [3.63, 3.8) is 0 Å². The first kappa shape index (κ1) is 8.96. The Hall–Kier alpha value is -1.31. The summed E-state index contributed by atoms with van der Waals surface area (Å²) in [4.78, 5) is 0. The highest BCUT2D eigenvalue weighted by Gasteiger charge is 2.15. The van der Waals surface area contributed by atoms with Gasteiger partial charge in [0.1, 0.15) is 0 Å². The third kappa shape index (κ3) is 1.65. The Bertz CT molecular complexity index is 452. The van der Waals surface area contributed by atoms with E-state index < -0.39 is 0 Å². The molecule has 0 amide bonds. The summed E-state index contributed by atoms with van der Waals surface area (Å²) in [6, 6.07) is 6.73. The highest BCUT2D eigenvalue weighted by Crippen LogP contribution is 2.33. The van der Waals surface area contributed by atoms with E-state index in [0.29, 0.717) is 0 Å². The number of nitrogens with zero attached hydrogens (tertiary/aromatic N) is 1. The van der Waals surface area contributed by atoms with Crippen LogP contribution in [0.25, 0.3) is 10.9 Å². The maximum atomic E-state index is 4.06. The van der Waals surface area contributed by atoms with E-state index in [1.807, 2.05) is 6.20 Å². The predicted molar refractivity (Wildman–Crippen MR) is 61.9 cm³/mol. The van der Waals surface area contributed by atoms with Crippen molar-refractivity contribution in [3.05, 3.63) is 30.0 Å². The Morgan fingerprint density at radius 3 is 2.87 bits per heavy atom. The summed E-state index contributed by atoms with van der Waals surface area (Å²) in [6.07, 6.45) is 8.82. The first-order chi connectivity index (χ1) is 7.43. The average Bonchev–Trinajstić information content (AvgIpc) is 2.77. The molecule has 3 rings (SSSR count). The van der Waals surface area contributed by atoms with E-state index in [1.165, 1.54) is 48.6 Å². The molecule has 0 atom stereocenters. The number of hydrogen-bond acceptors (Lipinski definition) is 1. The van der Waals surface area contributed by atoms with Gasteiger partial charge in [-0.1, -0.05) is 31.4 Å². The number of aromatic nitrogens is 2. The van der Waals surface area contributed by atoms with Crippen LogP contribution in [0.15, 0.2) is 24.4 Å². The van der Waals surface area contributed by atoms with Crippen molar-refractivity contribution in [1.29, 1.82) is 0 Å². The molecule has 2 heteroatoms. The van der Waals surface area contributed by atoms with Gasteiger partial charge in [-0.05, 0) is 30.4 Å². The molecule has 0 radical (unpaired) electrons. The minimum atomic E-state index is 0.784. The van der Waals surface area contributed by atoms with Crippen LogP contribution >= 0.6 is 0 Å². The zero-order valence-electron chi connectivity index (χ0n) is 8.87. The zero-order chi connectivity index (χ0) is 10.1. The van der Waals surface area contributed by atoms with Crippen molar-refractivity contribution in [2.45, 2.75) is 38.0 Å². The van der Waals surface area contributed by atoms with Crippen LogP contribution in [0, 0.1) is 0 Å². The number of fused-ring (bicyclic) bond motifs is 1. The molecule has 0 unspecified atom stereocenters. The third-order valence-corrected chi connectivity index (χ3v) is 3.54. The summed E-state index contributed by atoms with van der Waals surface area (Å²) >= 11 is 0. The second-order valence-electron chi connectivity index (χ2n) is 4.55. The van der Waals surface area contributed by atoms with Gasteiger partial charge < -0.3 is 0 Å². The molecule has 0 saturated heterocycles. The van der Waals surface area contributed by atoms with Crippen LogP contribution in [-0.2, 0) is 0 Å². The highest BCUT2D eigenvalue weighted by molar-refractivity contribution is 5.78. The Morgan fingerprint density at radius 2 is 2.00 bits per heavy atom. The fourth-order valence-corrected chi connectivity index (χ4v) is 2.64. The average molecular weight is 200 g/mol. The normalized spacial score (nSPS) is 18.4. The summed E-state index contributed by atoms with van der Waals surface area (Å²) < 4.78 is 0. The summed E-state index contributed by atoms with van der Waals surface area (Å²) in [6.45, 7) is 0. The van der Waals surface area contributed by atoms with Crippen molar-refractivity contribution < 1.29 is 0 Å². The molecule has 1 fully saturated rings. The molecule has 1 aliphatic rings. The van der Waals surface area contributed by atoms with Crippen LogP contribution in [0.3, 0.4) is 0 Å². The van der Waals surface area contributed by atoms with E-state index in [9.17, 15) is 0 Å². The summed E-state index contributed by atoms with van der Waals surface area (Å²) in [5.41, 5.74) is 2.67. The fraction of sp³-hybridized carbons (Fsp3) is 0.462. The van der Waals surface area contributed by atoms with Crippen LogP contribution < -0.4 is 0 Å². The third-order valence-electron chi connectivity index (χ3n) is 3.54. The van der Waals surface area contributed by atoms with Crippen molar-refractivity contribution in [2.24, 2.45) is 0 Å². The minimum absolute atomic E-state index is 0.784. The first-order valence-electron chi connectivity index (χ1n) is 5.86. The molecule has 0 bridgehead atoms. The van der Waals surface area contributed by atoms with E-state index in [4.69, 9.17) is 0 Å². The van der Waals surface area contributed by atoms with Gasteiger partial charge in [-0.15, -0.1) is 0 Å². The van der Waals surface area contributed by atoms with Gasteiger partial charge in [-0.3, -0.25) is 5.10 Å². The summed E-state index contributed by atoms with van der Waals surface area (Å²) in [5.74, 6) is 0.784. The van der Waals surface area contributed by atoms with E-state index in [2.05, 4.69) is 28.4 Å². The standard InChI is InChI=1S/C13H16N2/c1-2-4-10(5-3-1)11-6-7-12-9-14-15-13(12)8-11/h6-10H,1-5H2,(H,14,15). The van der Waals surface area contributed by atoms with Gasteiger partial charge in [0.2, 0.25) is 0 Å². The Morgan fingerprint density at radius 1 is 1.13 bits per heavy atom. The van der Waals surface area contributed by atoms with Gasteiger partial charge >= 0.3 is 0 Å². The van der Waals surface area contributed by atoms with Crippen molar-refractivity contribution >= 4 is 10.9 Å². The molecule has 0 aliphatic heterocycles. The molecular formula is C13H16N2. The molecule has 78 valence electrons. The maximum Gasteiger partial charge on any atom is 0.0653 e. The smallest absolute Gasteiger partial charge is 0.0653 e. The van der Waals surface area contributed by atoms with Gasteiger partial charge in [0.15, 0.2) is 0 Å². The second-order valence-corrected chi connectivity index (χ2v) is 4.55. The van der Waals surface area contributed by atoms with E-state index in [-0.39, 0.29) is 0 Å². The second kappa shape index (κ2) is 3.69. The highest BCUT2D eigenvalue weighted by atomic mass is 15.1. The van der Waals surface area contributed by atoms with Crippen molar-refractivity contribution in [1.82, 2.24) is 10.2 Å². The zero-order valence-corrected chi connectivity index (χ0v) is 8.87. The van der Waals surface area contributed by atoms with E-state index in [0.717, 1.165) is 5.92 Å². The van der Waals surface area contributed by atoms with Gasteiger partial charge in [-0.2, -0.15) is 5.10 Å². The Kier molecular flexibility index (Phi) is 2.20. The van der Waals surface area contributed by atoms with E-state index >= 15 is 0 Å². The monoisotopic (exact) mass is 200 g/mol. The molecule has 2 nitrogen and oxygen atoms in total. The lowest BCUT2D eigenvalue weighted by Gasteiger charge is -2.21. The number of nitrogens with one attached hydrogen (secondary N) is 1. The molecule has 1 heterocycles. The van der Waals surface area contributed by atoms with Gasteiger partial charge in [0.25, 0.3) is 0 Å². The number of benzene rings is 1. The summed E-state index contributed by atoms with van der Waals surface area (Å²) in [5, 5.41) is 8.33. The Labute approximate surface area is 89.7 Å². The molecule has 2 aromatic rings. The number of aromatic amines is 1. The SMILES string of the molecule is c1cc2cn[nH]c2cc1C1CCCCC1. The molecular weight excluding hydrogens is 184 g/mol. The minimum Gasteiger partial charge on any atom is -0.278 e. The van der Waals surface area contributed by atoms with E-state index in [1.54, 1.807) is 0 Å². The topological polar surface area (TPSA) is 28.7 Å². The number of H-pyrrole nitrogens is 1. The molecule has 15 heavy (non-hydrogen) atoms. The van der Waals surface area contributed by atoms with Crippen LogP contribution in [0.1, 0.15) is 43.6 Å². The van der Waals surface area contributed by atoms with Crippen LogP contribution in [0.5, 0.6) is 0 Å². The van der Waals surface area contributed by atoms with Crippen LogP contribution in [0.4, 0.5) is 0 Å². The number of rotatable bonds is 1. The lowest BCUT2D eigenvalue weighted by atomic mass is 9.84. The molecule has 1 aliphatic carbocycles. The molecule has 1 aromatic heterocycles. The quantitative estimate of drug-likeness (QED) is 0.748. The lowest BCUT2D eigenvalue weighted by Crippen LogP contribution is -2.04. The lowest BCUT2D eigenvalue weighted by molar-refractivity contribution is 0.444. The first-order valence-corrected chi connectivity index (χ1v) is 5.86. The Balaban J connectivity index is 1.95. The van der Waals surface area contributed by atoms with Gasteiger partial charge in [-0.25, -0.2) is 0 Å². The maximum absolute atomic E-state index is 4.06. The van der Waals surface area contributed by atoms with Crippen molar-refractivity contribution in [3.8, 4) is 0 Å². The van der Waals surface area contributed by atoms with Crippen LogP contribution in [-0.4, -0.2) is 10.2 Å². The predicted octanol–water partition coefficient (Wildman–Crippen LogP) is 3.61. The molecule has 0 spiro atoms. The van der Waals surface area contributed by atoms with Gasteiger partial charge in [0, 0.05) is 5.39 Å². The molecule has 1 N–H and O–H groups in total. The van der Waals surface area contributed by atoms with Gasteiger partial charge in [0.05, 0.1) is 11.7 Å². The largest absolute Gasteiger partial charge is 0.278 e. The van der Waals surface area contributed by atoms with Crippen LogP contribution in [0.2, 0.25) is 0 Å². The van der Waals surface area contributed by atoms with Crippen molar-refractivity contribution in [2.75, 3.05) is 0 Å². The fourth-order valence-electron chi connectivity index (χ4n) is 2.64.